The molecule has 0 amide bonds. The number of allylic oxidation sites excluding steroid dienone is 1. The van der Waals surface area contributed by atoms with Gasteiger partial charge in [0.05, 0.1) is 11.2 Å². The molecule has 31 heavy (non-hydrogen) atoms. The number of ether oxygens (including phenoxy) is 1. The predicted molar refractivity (Wildman–Crippen MR) is 117 cm³/mol. The van der Waals surface area contributed by atoms with Gasteiger partial charge in [-0.15, -0.1) is 0 Å². The maximum Gasteiger partial charge on any atom is 0.204 e. The van der Waals surface area contributed by atoms with Crippen LogP contribution in [-0.4, -0.2) is 27.0 Å². The standard InChI is InChI=1S/C25H24O6/c1-12(2)15-8-9-25(3,29)24-19(15)21-18(31-24)10-17(27)20-22(28)16(11-30-23(20)21)13-4-6-14(26)7-5-13/h4-7,10-11,15,19,24,26-27,29H,1,8-9H2,2-3H3/t15-,19+,24-,25+/m0/s1. The zero-order chi connectivity index (χ0) is 22.1. The van der Waals surface area contributed by atoms with Gasteiger partial charge in [-0.3, -0.25) is 4.79 Å². The summed E-state index contributed by atoms with van der Waals surface area (Å²) in [5.41, 5.74) is 1.38. The fourth-order valence-corrected chi connectivity index (χ4v) is 5.15. The average Bonchev–Trinajstić information content (AvgIpc) is 3.09. The predicted octanol–water partition coefficient (Wildman–Crippen LogP) is 4.45. The number of phenols is 2. The van der Waals surface area contributed by atoms with E-state index < -0.39 is 11.7 Å². The van der Waals surface area contributed by atoms with E-state index in [0.29, 0.717) is 23.3 Å². The molecule has 5 rings (SSSR count). The first-order valence-corrected chi connectivity index (χ1v) is 10.3. The molecule has 3 N–H and O–H groups in total. The third-order valence-corrected chi connectivity index (χ3v) is 6.76. The Hall–Kier alpha value is -3.25. The molecule has 2 aromatic carbocycles. The highest BCUT2D eigenvalue weighted by Crippen LogP contribution is 2.56. The smallest absolute Gasteiger partial charge is 0.204 e. The van der Waals surface area contributed by atoms with Crippen molar-refractivity contribution in [3.05, 3.63) is 64.5 Å². The Kier molecular flexibility index (Phi) is 4.21. The lowest BCUT2D eigenvalue weighted by Gasteiger charge is -2.42. The van der Waals surface area contributed by atoms with Crippen molar-refractivity contribution in [1.29, 1.82) is 0 Å². The number of benzene rings is 2. The molecule has 4 atom stereocenters. The third kappa shape index (κ3) is 2.86. The minimum absolute atomic E-state index is 0.0568. The summed E-state index contributed by atoms with van der Waals surface area (Å²) >= 11 is 0. The largest absolute Gasteiger partial charge is 0.508 e. The SMILES string of the molecule is C=C(C)[C@@H]1CC[C@@](C)(O)[C@H]2Oc3cc(O)c4c(=O)c(-c5ccc(O)cc5)coc4c3[C@@H]12. The molecule has 3 aromatic rings. The second-order valence-electron chi connectivity index (χ2n) is 8.95. The Morgan fingerprint density at radius 2 is 1.94 bits per heavy atom. The molecule has 1 saturated carbocycles. The van der Waals surface area contributed by atoms with Crippen molar-refractivity contribution >= 4 is 11.0 Å². The molecule has 6 nitrogen and oxygen atoms in total. The lowest BCUT2D eigenvalue weighted by Crippen LogP contribution is -2.50. The molecule has 2 aliphatic rings. The van der Waals surface area contributed by atoms with E-state index in [-0.39, 0.29) is 45.3 Å². The molecule has 0 unspecified atom stereocenters. The lowest BCUT2D eigenvalue weighted by molar-refractivity contribution is -0.0823. The van der Waals surface area contributed by atoms with Crippen molar-refractivity contribution in [2.75, 3.05) is 0 Å². The summed E-state index contributed by atoms with van der Waals surface area (Å²) in [6.45, 7) is 7.85. The highest BCUT2D eigenvalue weighted by atomic mass is 16.5. The van der Waals surface area contributed by atoms with Crippen LogP contribution in [-0.2, 0) is 0 Å². The molecule has 0 radical (unpaired) electrons. The van der Waals surface area contributed by atoms with Gasteiger partial charge in [-0.25, -0.2) is 0 Å². The Morgan fingerprint density at radius 1 is 1.23 bits per heavy atom. The Morgan fingerprint density at radius 3 is 2.61 bits per heavy atom. The van der Waals surface area contributed by atoms with E-state index in [2.05, 4.69) is 6.58 Å². The number of fused-ring (bicyclic) bond motifs is 5. The molecule has 1 aromatic heterocycles. The maximum atomic E-state index is 13.3. The number of aromatic hydroxyl groups is 2. The van der Waals surface area contributed by atoms with Crippen LogP contribution in [0.1, 0.15) is 38.2 Å². The number of rotatable bonds is 2. The summed E-state index contributed by atoms with van der Waals surface area (Å²) in [5, 5.41) is 31.3. The highest BCUT2D eigenvalue weighted by Gasteiger charge is 2.53. The van der Waals surface area contributed by atoms with Crippen molar-refractivity contribution in [2.24, 2.45) is 5.92 Å². The van der Waals surface area contributed by atoms with Crippen LogP contribution in [0.25, 0.3) is 22.1 Å². The minimum atomic E-state index is -1.05. The Bertz CT molecular complexity index is 1270. The zero-order valence-corrected chi connectivity index (χ0v) is 17.4. The molecule has 0 bridgehead atoms. The van der Waals surface area contributed by atoms with Crippen LogP contribution >= 0.6 is 0 Å². The molecule has 160 valence electrons. The highest BCUT2D eigenvalue weighted by molar-refractivity contribution is 5.92. The van der Waals surface area contributed by atoms with Crippen molar-refractivity contribution in [2.45, 2.75) is 44.3 Å². The van der Waals surface area contributed by atoms with Crippen LogP contribution in [0.5, 0.6) is 17.2 Å². The quantitative estimate of drug-likeness (QED) is 0.530. The van der Waals surface area contributed by atoms with Crippen LogP contribution in [0, 0.1) is 5.92 Å². The van der Waals surface area contributed by atoms with Gasteiger partial charge in [0.1, 0.15) is 40.6 Å². The Labute approximate surface area is 179 Å². The van der Waals surface area contributed by atoms with Crippen molar-refractivity contribution in [3.63, 3.8) is 0 Å². The fourth-order valence-electron chi connectivity index (χ4n) is 5.15. The van der Waals surface area contributed by atoms with Crippen LogP contribution < -0.4 is 10.2 Å². The van der Waals surface area contributed by atoms with E-state index in [0.717, 1.165) is 12.0 Å². The summed E-state index contributed by atoms with van der Waals surface area (Å²) in [7, 11) is 0. The zero-order valence-electron chi connectivity index (χ0n) is 17.4. The van der Waals surface area contributed by atoms with Crippen molar-refractivity contribution in [1.82, 2.24) is 0 Å². The van der Waals surface area contributed by atoms with Gasteiger partial charge in [0.25, 0.3) is 0 Å². The van der Waals surface area contributed by atoms with E-state index in [4.69, 9.17) is 9.15 Å². The minimum Gasteiger partial charge on any atom is -0.508 e. The van der Waals surface area contributed by atoms with Gasteiger partial charge >= 0.3 is 0 Å². The van der Waals surface area contributed by atoms with Gasteiger partial charge in [-0.1, -0.05) is 24.3 Å². The van der Waals surface area contributed by atoms with Crippen LogP contribution in [0.15, 0.2) is 58.0 Å². The lowest BCUT2D eigenvalue weighted by atomic mass is 9.66. The molecule has 2 heterocycles. The molecule has 6 heteroatoms. The third-order valence-electron chi connectivity index (χ3n) is 6.76. The van der Waals surface area contributed by atoms with Gasteiger partial charge in [0, 0.05) is 17.5 Å². The first-order valence-electron chi connectivity index (χ1n) is 10.3. The summed E-state index contributed by atoms with van der Waals surface area (Å²) in [5.74, 6) is 0.110. The van der Waals surface area contributed by atoms with Gasteiger partial charge in [0.15, 0.2) is 0 Å². The van der Waals surface area contributed by atoms with Gasteiger partial charge in [-0.05, 0) is 50.3 Å². The molecular formula is C25H24O6. The summed E-state index contributed by atoms with van der Waals surface area (Å²) in [6.07, 6.45) is 2.16. The van der Waals surface area contributed by atoms with Crippen LogP contribution in [0.2, 0.25) is 0 Å². The first-order chi connectivity index (χ1) is 14.7. The van der Waals surface area contributed by atoms with Gasteiger partial charge in [0.2, 0.25) is 5.43 Å². The van der Waals surface area contributed by atoms with Crippen LogP contribution in [0.3, 0.4) is 0 Å². The molecular weight excluding hydrogens is 396 g/mol. The number of aliphatic hydroxyl groups is 1. The number of hydrogen-bond acceptors (Lipinski definition) is 6. The van der Waals surface area contributed by atoms with Gasteiger partial charge < -0.3 is 24.5 Å². The second kappa shape index (κ2) is 6.62. The molecule has 0 saturated heterocycles. The average molecular weight is 420 g/mol. The van der Waals surface area contributed by atoms with E-state index in [1.807, 2.05) is 6.92 Å². The van der Waals surface area contributed by atoms with Gasteiger partial charge in [-0.2, -0.15) is 0 Å². The van der Waals surface area contributed by atoms with Crippen LogP contribution in [0.4, 0.5) is 0 Å². The second-order valence-corrected chi connectivity index (χ2v) is 8.95. The fraction of sp³-hybridized carbons (Fsp3) is 0.320. The number of hydrogen-bond donors (Lipinski definition) is 3. The summed E-state index contributed by atoms with van der Waals surface area (Å²) < 4.78 is 12.1. The van der Waals surface area contributed by atoms with E-state index in [1.165, 1.54) is 24.5 Å². The molecule has 1 aliphatic carbocycles. The monoisotopic (exact) mass is 420 g/mol. The number of phenolic OH excluding ortho intramolecular Hbond substituents is 2. The topological polar surface area (TPSA) is 100 Å². The summed E-state index contributed by atoms with van der Waals surface area (Å²) in [4.78, 5) is 13.3. The Balaban J connectivity index is 1.76. The van der Waals surface area contributed by atoms with E-state index >= 15 is 0 Å². The molecule has 1 fully saturated rings. The maximum absolute atomic E-state index is 13.3. The normalized spacial score (nSPS) is 26.9. The van der Waals surface area contributed by atoms with Crippen molar-refractivity contribution in [3.8, 4) is 28.4 Å². The molecule has 0 spiro atoms. The summed E-state index contributed by atoms with van der Waals surface area (Å²) in [6, 6.07) is 7.65. The first kappa shape index (κ1) is 19.7. The van der Waals surface area contributed by atoms with E-state index in [9.17, 15) is 20.1 Å². The van der Waals surface area contributed by atoms with Crippen molar-refractivity contribution < 1.29 is 24.5 Å². The van der Waals surface area contributed by atoms with E-state index in [1.54, 1.807) is 19.1 Å². The molecule has 1 aliphatic heterocycles.